The van der Waals surface area contributed by atoms with Crippen molar-refractivity contribution in [3.05, 3.63) is 96.1 Å². The molecule has 0 aliphatic rings. The van der Waals surface area contributed by atoms with Crippen LogP contribution in [0.2, 0.25) is 0 Å². The van der Waals surface area contributed by atoms with E-state index in [4.69, 9.17) is 0 Å². The maximum Gasteiger partial charge on any atom is 0.126 e. The molecule has 0 N–H and O–H groups in total. The third-order valence-electron chi connectivity index (χ3n) is 5.89. The Morgan fingerprint density at radius 2 is 1.10 bits per heavy atom. The molecule has 0 heterocycles. The first-order valence-corrected chi connectivity index (χ1v) is 11.2. The van der Waals surface area contributed by atoms with Crippen LogP contribution in [0.1, 0.15) is 44.6 Å². The highest BCUT2D eigenvalue weighted by molar-refractivity contribution is 5.88. The summed E-state index contributed by atoms with van der Waals surface area (Å²) in [7, 11) is 0. The van der Waals surface area contributed by atoms with Crippen molar-refractivity contribution in [2.24, 2.45) is 0 Å². The first-order chi connectivity index (χ1) is 15.1. The van der Waals surface area contributed by atoms with Crippen LogP contribution in [-0.4, -0.2) is 0 Å². The molecule has 4 rings (SSSR count). The summed E-state index contributed by atoms with van der Waals surface area (Å²) in [4.78, 5) is 0. The monoisotopic (exact) mass is 414 g/mol. The third kappa shape index (κ3) is 5.38. The lowest BCUT2D eigenvalue weighted by Gasteiger charge is -2.08. The van der Waals surface area contributed by atoms with E-state index in [-0.39, 0.29) is 0 Å². The Labute approximate surface area is 183 Å². The van der Waals surface area contributed by atoms with Crippen molar-refractivity contribution >= 4 is 10.8 Å². The van der Waals surface area contributed by atoms with Gasteiger partial charge in [-0.3, -0.25) is 0 Å². The zero-order valence-electron chi connectivity index (χ0n) is 18.0. The van der Waals surface area contributed by atoms with Crippen molar-refractivity contribution < 1.29 is 8.78 Å². The molecule has 4 aromatic carbocycles. The first-order valence-electron chi connectivity index (χ1n) is 11.2. The van der Waals surface area contributed by atoms with Gasteiger partial charge in [0.1, 0.15) is 11.6 Å². The number of aryl methyl sites for hydroxylation is 1. The summed E-state index contributed by atoms with van der Waals surface area (Å²) in [5, 5.41) is 2.49. The minimum Gasteiger partial charge on any atom is -0.207 e. The molecular weight excluding hydrogens is 386 g/mol. The third-order valence-corrected chi connectivity index (χ3v) is 5.89. The van der Waals surface area contributed by atoms with Crippen LogP contribution in [0.25, 0.3) is 33.0 Å². The average Bonchev–Trinajstić information content (AvgIpc) is 2.78. The molecular formula is C29H28F2. The standard InChI is InChI=1S/C29H28F2/c1-2-3-4-5-6-7-21-8-9-26-17-25(15-14-24(26)16-21)22-10-12-23(13-11-22)27-18-28(30)20-29(31)19-27/h8-20H,2-7H2,1H3. The van der Waals surface area contributed by atoms with Crippen molar-refractivity contribution in [1.29, 1.82) is 0 Å². The Balaban J connectivity index is 1.49. The van der Waals surface area contributed by atoms with Gasteiger partial charge in [0.2, 0.25) is 0 Å². The molecule has 0 aromatic heterocycles. The maximum absolute atomic E-state index is 13.5. The van der Waals surface area contributed by atoms with Gasteiger partial charge in [0, 0.05) is 6.07 Å². The van der Waals surface area contributed by atoms with E-state index >= 15 is 0 Å². The lowest BCUT2D eigenvalue weighted by atomic mass is 9.97. The molecule has 0 radical (unpaired) electrons. The number of hydrogen-bond donors (Lipinski definition) is 0. The number of halogens is 2. The van der Waals surface area contributed by atoms with Crippen LogP contribution in [-0.2, 0) is 6.42 Å². The van der Waals surface area contributed by atoms with E-state index < -0.39 is 11.6 Å². The topological polar surface area (TPSA) is 0 Å². The summed E-state index contributed by atoms with van der Waals surface area (Å²) in [6.07, 6.45) is 7.66. The summed E-state index contributed by atoms with van der Waals surface area (Å²) < 4.78 is 27.0. The smallest absolute Gasteiger partial charge is 0.126 e. The molecule has 0 unspecified atom stereocenters. The highest BCUT2D eigenvalue weighted by Crippen LogP contribution is 2.29. The van der Waals surface area contributed by atoms with Gasteiger partial charge >= 0.3 is 0 Å². The van der Waals surface area contributed by atoms with Crippen LogP contribution < -0.4 is 0 Å². The zero-order chi connectivity index (χ0) is 21.6. The highest BCUT2D eigenvalue weighted by Gasteiger charge is 2.05. The summed E-state index contributed by atoms with van der Waals surface area (Å²) in [5.74, 6) is -1.12. The van der Waals surface area contributed by atoms with Crippen molar-refractivity contribution in [1.82, 2.24) is 0 Å². The molecule has 0 aliphatic heterocycles. The molecule has 31 heavy (non-hydrogen) atoms. The van der Waals surface area contributed by atoms with Crippen LogP contribution in [0.4, 0.5) is 8.78 Å². The molecule has 0 fully saturated rings. The molecule has 2 heteroatoms. The van der Waals surface area contributed by atoms with Crippen LogP contribution in [0.5, 0.6) is 0 Å². The molecule has 0 saturated carbocycles. The van der Waals surface area contributed by atoms with E-state index in [1.807, 2.05) is 24.3 Å². The van der Waals surface area contributed by atoms with Gasteiger partial charge in [0.25, 0.3) is 0 Å². The molecule has 0 amide bonds. The second-order valence-electron chi connectivity index (χ2n) is 8.30. The van der Waals surface area contributed by atoms with Gasteiger partial charge in [-0.15, -0.1) is 0 Å². The lowest BCUT2D eigenvalue weighted by Crippen LogP contribution is -1.87. The Hall–Kier alpha value is -3.00. The SMILES string of the molecule is CCCCCCCc1ccc2cc(-c3ccc(-c4cc(F)cc(F)c4)cc3)ccc2c1. The Morgan fingerprint density at radius 1 is 0.516 bits per heavy atom. The summed E-state index contributed by atoms with van der Waals surface area (Å²) >= 11 is 0. The van der Waals surface area contributed by atoms with Gasteiger partial charge < -0.3 is 0 Å². The number of rotatable bonds is 8. The Kier molecular flexibility index (Phi) is 6.76. The molecule has 158 valence electrons. The molecule has 4 aromatic rings. The fourth-order valence-corrected chi connectivity index (χ4v) is 4.14. The Bertz CT molecular complexity index is 1140. The van der Waals surface area contributed by atoms with Crippen LogP contribution in [0.3, 0.4) is 0 Å². The van der Waals surface area contributed by atoms with E-state index in [1.165, 1.54) is 60.6 Å². The van der Waals surface area contributed by atoms with Gasteiger partial charge in [-0.25, -0.2) is 8.78 Å². The van der Waals surface area contributed by atoms with Crippen LogP contribution in [0, 0.1) is 11.6 Å². The molecule has 0 saturated heterocycles. The molecule has 0 bridgehead atoms. The highest BCUT2D eigenvalue weighted by atomic mass is 19.1. The predicted molar refractivity (Wildman–Crippen MR) is 127 cm³/mol. The van der Waals surface area contributed by atoms with E-state index in [1.54, 1.807) is 0 Å². The number of hydrogen-bond acceptors (Lipinski definition) is 0. The normalized spacial score (nSPS) is 11.2. The molecule has 0 spiro atoms. The van der Waals surface area contributed by atoms with Crippen molar-refractivity contribution in [2.75, 3.05) is 0 Å². The van der Waals surface area contributed by atoms with Gasteiger partial charge in [0.15, 0.2) is 0 Å². The lowest BCUT2D eigenvalue weighted by molar-refractivity contribution is 0.584. The summed E-state index contributed by atoms with van der Waals surface area (Å²) in [5.41, 5.74) is 4.97. The minimum absolute atomic E-state index is 0.546. The zero-order valence-corrected chi connectivity index (χ0v) is 18.0. The largest absolute Gasteiger partial charge is 0.207 e. The summed E-state index contributed by atoms with van der Waals surface area (Å²) in [6.45, 7) is 2.25. The molecule has 0 atom stereocenters. The van der Waals surface area contributed by atoms with E-state index in [0.717, 1.165) is 29.2 Å². The summed E-state index contributed by atoms with van der Waals surface area (Å²) in [6, 6.07) is 24.7. The van der Waals surface area contributed by atoms with Gasteiger partial charge in [-0.2, -0.15) is 0 Å². The molecule has 0 nitrogen and oxygen atoms in total. The van der Waals surface area contributed by atoms with Crippen molar-refractivity contribution in [3.63, 3.8) is 0 Å². The van der Waals surface area contributed by atoms with Gasteiger partial charge in [-0.1, -0.05) is 87.2 Å². The predicted octanol–water partition coefficient (Wildman–Crippen LogP) is 8.96. The number of benzene rings is 4. The van der Waals surface area contributed by atoms with E-state index in [0.29, 0.717) is 5.56 Å². The second kappa shape index (κ2) is 9.87. The Morgan fingerprint density at radius 3 is 1.81 bits per heavy atom. The fraction of sp³-hybridized carbons (Fsp3) is 0.241. The number of unbranched alkanes of at least 4 members (excludes halogenated alkanes) is 4. The van der Waals surface area contributed by atoms with E-state index in [2.05, 4.69) is 43.3 Å². The minimum atomic E-state index is -0.561. The van der Waals surface area contributed by atoms with Crippen molar-refractivity contribution in [2.45, 2.75) is 45.4 Å². The first kappa shape index (κ1) is 21.2. The fourth-order valence-electron chi connectivity index (χ4n) is 4.14. The van der Waals surface area contributed by atoms with Gasteiger partial charge in [-0.05, 0) is 69.6 Å². The number of fused-ring (bicyclic) bond motifs is 1. The quantitative estimate of drug-likeness (QED) is 0.252. The van der Waals surface area contributed by atoms with Crippen molar-refractivity contribution in [3.8, 4) is 22.3 Å². The van der Waals surface area contributed by atoms with Gasteiger partial charge in [0.05, 0.1) is 0 Å². The average molecular weight is 415 g/mol. The second-order valence-corrected chi connectivity index (χ2v) is 8.30. The molecule has 0 aliphatic carbocycles. The van der Waals surface area contributed by atoms with Crippen LogP contribution >= 0.6 is 0 Å². The van der Waals surface area contributed by atoms with E-state index in [9.17, 15) is 8.78 Å². The van der Waals surface area contributed by atoms with Crippen LogP contribution in [0.15, 0.2) is 78.9 Å². The maximum atomic E-state index is 13.5.